The summed E-state index contributed by atoms with van der Waals surface area (Å²) in [4.78, 5) is 7.12. The number of aliphatic hydroxyl groups excluding tert-OH is 1. The van der Waals surface area contributed by atoms with Crippen molar-refractivity contribution in [2.75, 3.05) is 13.1 Å². The van der Waals surface area contributed by atoms with E-state index in [2.05, 4.69) is 36.0 Å². The summed E-state index contributed by atoms with van der Waals surface area (Å²) in [6.07, 6.45) is 6.34. The molecule has 0 atom stereocenters. The van der Waals surface area contributed by atoms with Crippen LogP contribution in [0.2, 0.25) is 0 Å². The molecule has 0 amide bonds. The minimum Gasteiger partial charge on any atom is -0.393 e. The first kappa shape index (κ1) is 14.6. The minimum absolute atomic E-state index is 0.0900. The van der Waals surface area contributed by atoms with Crippen LogP contribution in [-0.2, 0) is 0 Å². The average molecular weight is 267 g/mol. The van der Waals surface area contributed by atoms with Crippen LogP contribution in [0.5, 0.6) is 0 Å². The van der Waals surface area contributed by atoms with Gasteiger partial charge in [-0.25, -0.2) is 0 Å². The summed E-state index contributed by atoms with van der Waals surface area (Å²) in [7, 11) is 0. The molecule has 4 heteroatoms. The number of hydrogen-bond acceptors (Lipinski definition) is 2. The van der Waals surface area contributed by atoms with Crippen LogP contribution in [-0.4, -0.2) is 46.7 Å². The smallest absolute Gasteiger partial charge is 0.194 e. The first-order valence-corrected chi connectivity index (χ1v) is 7.79. The summed E-state index contributed by atoms with van der Waals surface area (Å²) in [6.45, 7) is 8.63. The van der Waals surface area contributed by atoms with Gasteiger partial charge in [0.15, 0.2) is 5.96 Å². The molecule has 110 valence electrons. The van der Waals surface area contributed by atoms with E-state index in [-0.39, 0.29) is 11.6 Å². The molecule has 1 saturated heterocycles. The van der Waals surface area contributed by atoms with Gasteiger partial charge in [0.05, 0.1) is 6.10 Å². The zero-order valence-corrected chi connectivity index (χ0v) is 12.7. The lowest BCUT2D eigenvalue weighted by Gasteiger charge is -2.37. The molecule has 19 heavy (non-hydrogen) atoms. The van der Waals surface area contributed by atoms with Gasteiger partial charge in [0.2, 0.25) is 0 Å². The Morgan fingerprint density at radius 1 is 1.32 bits per heavy atom. The van der Waals surface area contributed by atoms with E-state index in [1.54, 1.807) is 0 Å². The molecule has 2 aliphatic rings. The molecule has 1 aliphatic heterocycles. The van der Waals surface area contributed by atoms with E-state index in [9.17, 15) is 5.11 Å². The van der Waals surface area contributed by atoms with Crippen LogP contribution in [0.3, 0.4) is 0 Å². The Morgan fingerprint density at radius 2 is 2.00 bits per heavy atom. The molecular weight excluding hydrogens is 238 g/mol. The number of nitrogens with one attached hydrogen (secondary N) is 1. The number of nitrogens with zero attached hydrogens (tertiary/aromatic N) is 2. The summed E-state index contributed by atoms with van der Waals surface area (Å²) in [5.41, 5.74) is 0.217. The highest BCUT2D eigenvalue weighted by atomic mass is 16.3. The molecule has 0 aromatic heterocycles. The van der Waals surface area contributed by atoms with Crippen molar-refractivity contribution in [1.82, 2.24) is 10.2 Å². The van der Waals surface area contributed by atoms with E-state index in [0.717, 1.165) is 44.7 Å². The Hall–Kier alpha value is -0.770. The first-order valence-electron chi connectivity index (χ1n) is 7.79. The molecule has 1 heterocycles. The summed E-state index contributed by atoms with van der Waals surface area (Å²) < 4.78 is 0. The highest BCUT2D eigenvalue weighted by Crippen LogP contribution is 2.28. The van der Waals surface area contributed by atoms with Crippen LogP contribution in [0, 0.1) is 0 Å². The Morgan fingerprint density at radius 3 is 2.53 bits per heavy atom. The third kappa shape index (κ3) is 3.62. The normalized spacial score (nSPS) is 31.6. The molecule has 2 fully saturated rings. The fraction of sp³-hybridized carbons (Fsp3) is 0.933. The maximum atomic E-state index is 9.59. The Labute approximate surface area is 117 Å². The Bertz CT molecular complexity index is 319. The van der Waals surface area contributed by atoms with Crippen LogP contribution >= 0.6 is 0 Å². The van der Waals surface area contributed by atoms with Crippen molar-refractivity contribution in [3.8, 4) is 0 Å². The minimum atomic E-state index is -0.0900. The zero-order valence-electron chi connectivity index (χ0n) is 12.7. The molecular formula is C15H29N3O. The lowest BCUT2D eigenvalue weighted by molar-refractivity contribution is 0.119. The van der Waals surface area contributed by atoms with E-state index in [1.165, 1.54) is 12.8 Å². The van der Waals surface area contributed by atoms with Crippen LogP contribution in [0.1, 0.15) is 59.3 Å². The van der Waals surface area contributed by atoms with Crippen molar-refractivity contribution in [3.63, 3.8) is 0 Å². The van der Waals surface area contributed by atoms with Crippen molar-refractivity contribution in [1.29, 1.82) is 0 Å². The summed E-state index contributed by atoms with van der Waals surface area (Å²) >= 11 is 0. The molecule has 4 nitrogen and oxygen atoms in total. The molecule has 1 aliphatic carbocycles. The van der Waals surface area contributed by atoms with Crippen molar-refractivity contribution in [3.05, 3.63) is 0 Å². The second-order valence-corrected chi connectivity index (χ2v) is 6.52. The number of likely N-dealkylation sites (tertiary alicyclic amines) is 1. The number of guanidine groups is 1. The molecule has 2 N–H and O–H groups in total. The van der Waals surface area contributed by atoms with Crippen LogP contribution in [0.4, 0.5) is 0 Å². The van der Waals surface area contributed by atoms with Crippen molar-refractivity contribution in [2.24, 2.45) is 4.99 Å². The number of aliphatic hydroxyl groups is 1. The van der Waals surface area contributed by atoms with Gasteiger partial charge in [-0.3, -0.25) is 4.99 Å². The van der Waals surface area contributed by atoms with Crippen molar-refractivity contribution >= 4 is 5.96 Å². The Kier molecular flexibility index (Phi) is 4.71. The Balaban J connectivity index is 1.99. The van der Waals surface area contributed by atoms with Gasteiger partial charge in [-0.1, -0.05) is 0 Å². The second kappa shape index (κ2) is 6.12. The summed E-state index contributed by atoms with van der Waals surface area (Å²) in [5, 5.41) is 13.2. The lowest BCUT2D eigenvalue weighted by atomic mass is 9.93. The quantitative estimate of drug-likeness (QED) is 0.595. The number of hydrogen-bond donors (Lipinski definition) is 2. The second-order valence-electron chi connectivity index (χ2n) is 6.52. The maximum Gasteiger partial charge on any atom is 0.194 e. The fourth-order valence-electron chi connectivity index (χ4n) is 3.26. The topological polar surface area (TPSA) is 47.9 Å². The van der Waals surface area contributed by atoms with Gasteiger partial charge in [-0.2, -0.15) is 0 Å². The molecule has 0 aromatic rings. The van der Waals surface area contributed by atoms with E-state index in [0.29, 0.717) is 6.04 Å². The highest BCUT2D eigenvalue weighted by Gasteiger charge is 2.35. The third-order valence-corrected chi connectivity index (χ3v) is 4.49. The molecule has 0 unspecified atom stereocenters. The van der Waals surface area contributed by atoms with Gasteiger partial charge < -0.3 is 15.3 Å². The SMILES string of the molecule is CCN=C(NC1CCC(O)CC1)N1CCCC1(C)C. The summed E-state index contributed by atoms with van der Waals surface area (Å²) in [5.74, 6) is 1.08. The van der Waals surface area contributed by atoms with Crippen LogP contribution in [0.15, 0.2) is 4.99 Å². The van der Waals surface area contributed by atoms with Gasteiger partial charge in [-0.15, -0.1) is 0 Å². The molecule has 0 aromatic carbocycles. The first-order chi connectivity index (χ1) is 9.03. The monoisotopic (exact) mass is 267 g/mol. The molecule has 2 rings (SSSR count). The van der Waals surface area contributed by atoms with Crippen molar-refractivity contribution in [2.45, 2.75) is 77.0 Å². The highest BCUT2D eigenvalue weighted by molar-refractivity contribution is 5.81. The van der Waals surface area contributed by atoms with E-state index < -0.39 is 0 Å². The number of aliphatic imine (C=N–C) groups is 1. The standard InChI is InChI=1S/C15H29N3O/c1-4-16-14(18-11-5-10-15(18,2)3)17-12-6-8-13(19)9-7-12/h12-13,19H,4-11H2,1-3H3,(H,16,17). The van der Waals surface area contributed by atoms with Gasteiger partial charge >= 0.3 is 0 Å². The fourth-order valence-corrected chi connectivity index (χ4v) is 3.26. The summed E-state index contributed by atoms with van der Waals surface area (Å²) in [6, 6.07) is 0.477. The maximum absolute atomic E-state index is 9.59. The average Bonchev–Trinajstić information content (AvgIpc) is 2.71. The van der Waals surface area contributed by atoms with Gasteiger partial charge in [0.1, 0.15) is 0 Å². The van der Waals surface area contributed by atoms with Gasteiger partial charge in [0.25, 0.3) is 0 Å². The predicted octanol–water partition coefficient (Wildman–Crippen LogP) is 2.13. The number of rotatable bonds is 2. The van der Waals surface area contributed by atoms with Crippen LogP contribution < -0.4 is 5.32 Å². The van der Waals surface area contributed by atoms with E-state index in [4.69, 9.17) is 0 Å². The predicted molar refractivity (Wildman–Crippen MR) is 79.4 cm³/mol. The van der Waals surface area contributed by atoms with Crippen molar-refractivity contribution < 1.29 is 5.11 Å². The van der Waals surface area contributed by atoms with Crippen LogP contribution in [0.25, 0.3) is 0 Å². The lowest BCUT2D eigenvalue weighted by Crippen LogP contribution is -2.52. The molecule has 0 spiro atoms. The van der Waals surface area contributed by atoms with E-state index >= 15 is 0 Å². The zero-order chi connectivity index (χ0) is 13.9. The van der Waals surface area contributed by atoms with Gasteiger partial charge in [0, 0.05) is 24.7 Å². The van der Waals surface area contributed by atoms with Gasteiger partial charge in [-0.05, 0) is 59.3 Å². The van der Waals surface area contributed by atoms with E-state index in [1.807, 2.05) is 0 Å². The molecule has 0 bridgehead atoms. The largest absolute Gasteiger partial charge is 0.393 e. The molecule has 0 radical (unpaired) electrons. The molecule has 1 saturated carbocycles. The third-order valence-electron chi connectivity index (χ3n) is 4.49.